The van der Waals surface area contributed by atoms with Crippen molar-refractivity contribution in [3.8, 4) is 5.75 Å². The maximum Gasteiger partial charge on any atom is 0.122 e. The Bertz CT molecular complexity index is 289. The number of nitrogens with zero attached hydrogens (tertiary/aromatic N) is 1. The smallest absolute Gasteiger partial charge is 0.122 e. The fraction of sp³-hybridized carbons (Fsp3) is 0.583. The third-order valence-corrected chi connectivity index (χ3v) is 2.43. The summed E-state index contributed by atoms with van der Waals surface area (Å²) in [5.74, 6) is 1.35. The van der Waals surface area contributed by atoms with Crippen LogP contribution in [-0.4, -0.2) is 25.3 Å². The molecule has 0 spiro atoms. The van der Waals surface area contributed by atoms with Gasteiger partial charge in [-0.05, 0) is 18.4 Å². The lowest BCUT2D eigenvalue weighted by Crippen LogP contribution is -2.05. The largest absolute Gasteiger partial charge is 0.491 e. The number of ether oxygens (including phenoxy) is 2. The summed E-state index contributed by atoms with van der Waals surface area (Å²) in [6.07, 6.45) is 2.89. The SMILES string of the molecule is CCC(C)c1cc(OCCOC)ccn1. The molecule has 0 saturated carbocycles. The molecule has 0 N–H and O–H groups in total. The summed E-state index contributed by atoms with van der Waals surface area (Å²) in [7, 11) is 1.67. The molecule has 1 unspecified atom stereocenters. The minimum absolute atomic E-state index is 0.482. The second-order valence-corrected chi connectivity index (χ2v) is 3.57. The van der Waals surface area contributed by atoms with E-state index >= 15 is 0 Å². The number of aromatic nitrogens is 1. The topological polar surface area (TPSA) is 31.4 Å². The molecule has 0 aliphatic carbocycles. The van der Waals surface area contributed by atoms with Crippen LogP contribution in [0.5, 0.6) is 5.75 Å². The van der Waals surface area contributed by atoms with Crippen LogP contribution >= 0.6 is 0 Å². The van der Waals surface area contributed by atoms with Crippen molar-refractivity contribution in [1.82, 2.24) is 4.98 Å². The number of hydrogen-bond acceptors (Lipinski definition) is 3. The Morgan fingerprint density at radius 2 is 2.20 bits per heavy atom. The first-order chi connectivity index (χ1) is 7.27. The highest BCUT2D eigenvalue weighted by Gasteiger charge is 2.05. The van der Waals surface area contributed by atoms with Crippen LogP contribution in [0.25, 0.3) is 0 Å². The molecule has 3 nitrogen and oxygen atoms in total. The molecule has 0 aliphatic heterocycles. The van der Waals surface area contributed by atoms with Crippen molar-refractivity contribution < 1.29 is 9.47 Å². The van der Waals surface area contributed by atoms with Crippen LogP contribution in [-0.2, 0) is 4.74 Å². The van der Waals surface area contributed by atoms with E-state index in [2.05, 4.69) is 18.8 Å². The summed E-state index contributed by atoms with van der Waals surface area (Å²) in [6, 6.07) is 3.88. The van der Waals surface area contributed by atoms with Gasteiger partial charge in [-0.15, -0.1) is 0 Å². The van der Waals surface area contributed by atoms with Gasteiger partial charge in [0.25, 0.3) is 0 Å². The lowest BCUT2D eigenvalue weighted by Gasteiger charge is -2.10. The van der Waals surface area contributed by atoms with Gasteiger partial charge in [0.1, 0.15) is 12.4 Å². The number of pyridine rings is 1. The molecule has 1 aromatic rings. The van der Waals surface area contributed by atoms with Crippen molar-refractivity contribution in [2.45, 2.75) is 26.2 Å². The molecule has 0 saturated heterocycles. The van der Waals surface area contributed by atoms with Crippen LogP contribution in [0.4, 0.5) is 0 Å². The molecule has 3 heteroatoms. The van der Waals surface area contributed by atoms with E-state index in [0.29, 0.717) is 19.1 Å². The summed E-state index contributed by atoms with van der Waals surface area (Å²) in [5, 5.41) is 0. The predicted molar refractivity (Wildman–Crippen MR) is 60.3 cm³/mol. The van der Waals surface area contributed by atoms with Crippen LogP contribution in [0.15, 0.2) is 18.3 Å². The van der Waals surface area contributed by atoms with Gasteiger partial charge >= 0.3 is 0 Å². The molecule has 1 atom stereocenters. The summed E-state index contributed by atoms with van der Waals surface area (Å²) in [4.78, 5) is 4.33. The fourth-order valence-corrected chi connectivity index (χ4v) is 1.24. The highest BCUT2D eigenvalue weighted by molar-refractivity contribution is 5.24. The summed E-state index contributed by atoms with van der Waals surface area (Å²) >= 11 is 0. The Morgan fingerprint density at radius 3 is 2.87 bits per heavy atom. The zero-order chi connectivity index (χ0) is 11.1. The van der Waals surface area contributed by atoms with E-state index < -0.39 is 0 Å². The van der Waals surface area contributed by atoms with Gasteiger partial charge in [-0.2, -0.15) is 0 Å². The Hall–Kier alpha value is -1.09. The minimum atomic E-state index is 0.482. The van der Waals surface area contributed by atoms with E-state index in [1.54, 1.807) is 13.3 Å². The van der Waals surface area contributed by atoms with Crippen molar-refractivity contribution in [3.05, 3.63) is 24.0 Å². The monoisotopic (exact) mass is 209 g/mol. The van der Waals surface area contributed by atoms with Crippen molar-refractivity contribution in [1.29, 1.82) is 0 Å². The Labute approximate surface area is 91.4 Å². The molecule has 0 fully saturated rings. The fourth-order valence-electron chi connectivity index (χ4n) is 1.24. The lowest BCUT2D eigenvalue weighted by atomic mass is 10.0. The molecule has 1 aromatic heterocycles. The van der Waals surface area contributed by atoms with E-state index in [1.807, 2.05) is 12.1 Å². The molecule has 84 valence electrons. The van der Waals surface area contributed by atoms with Gasteiger partial charge in [0.05, 0.1) is 6.61 Å². The molecule has 0 aliphatic rings. The molecule has 0 bridgehead atoms. The van der Waals surface area contributed by atoms with Crippen LogP contribution in [0.1, 0.15) is 31.9 Å². The molecule has 0 aromatic carbocycles. The van der Waals surface area contributed by atoms with E-state index in [0.717, 1.165) is 17.9 Å². The molecule has 1 rings (SSSR count). The third kappa shape index (κ3) is 3.88. The number of methoxy groups -OCH3 is 1. The second kappa shape index (κ2) is 6.40. The number of rotatable bonds is 6. The van der Waals surface area contributed by atoms with Gasteiger partial charge in [-0.3, -0.25) is 4.98 Å². The average Bonchev–Trinajstić information content (AvgIpc) is 2.29. The summed E-state index contributed by atoms with van der Waals surface area (Å²) in [5.41, 5.74) is 1.09. The van der Waals surface area contributed by atoms with Gasteiger partial charge < -0.3 is 9.47 Å². The Morgan fingerprint density at radius 1 is 1.40 bits per heavy atom. The maximum atomic E-state index is 5.52. The van der Waals surface area contributed by atoms with Crippen LogP contribution in [0, 0.1) is 0 Å². The van der Waals surface area contributed by atoms with Crippen molar-refractivity contribution >= 4 is 0 Å². The van der Waals surface area contributed by atoms with Gasteiger partial charge in [-0.1, -0.05) is 13.8 Å². The molecule has 0 radical (unpaired) electrons. The normalized spacial score (nSPS) is 12.5. The summed E-state index contributed by atoms with van der Waals surface area (Å²) in [6.45, 7) is 5.52. The molecular weight excluding hydrogens is 190 g/mol. The molecule has 1 heterocycles. The average molecular weight is 209 g/mol. The zero-order valence-corrected chi connectivity index (χ0v) is 9.69. The van der Waals surface area contributed by atoms with Gasteiger partial charge in [0, 0.05) is 25.1 Å². The Kier molecular flexibility index (Phi) is 5.12. The first kappa shape index (κ1) is 12.0. The standard InChI is InChI=1S/C12H19NO2/c1-4-10(2)12-9-11(5-6-13-12)15-8-7-14-3/h5-6,9-10H,4,7-8H2,1-3H3. The van der Waals surface area contributed by atoms with E-state index in [9.17, 15) is 0 Å². The van der Waals surface area contributed by atoms with Crippen LogP contribution in [0.3, 0.4) is 0 Å². The highest BCUT2D eigenvalue weighted by atomic mass is 16.5. The van der Waals surface area contributed by atoms with Crippen molar-refractivity contribution in [2.24, 2.45) is 0 Å². The first-order valence-corrected chi connectivity index (χ1v) is 5.35. The zero-order valence-electron chi connectivity index (χ0n) is 9.69. The van der Waals surface area contributed by atoms with E-state index in [4.69, 9.17) is 9.47 Å². The van der Waals surface area contributed by atoms with E-state index in [1.165, 1.54) is 0 Å². The van der Waals surface area contributed by atoms with Crippen molar-refractivity contribution in [3.63, 3.8) is 0 Å². The molecular formula is C12H19NO2. The van der Waals surface area contributed by atoms with Crippen LogP contribution in [0.2, 0.25) is 0 Å². The number of hydrogen-bond donors (Lipinski definition) is 0. The third-order valence-electron chi connectivity index (χ3n) is 2.43. The van der Waals surface area contributed by atoms with Gasteiger partial charge in [0.2, 0.25) is 0 Å². The molecule has 15 heavy (non-hydrogen) atoms. The second-order valence-electron chi connectivity index (χ2n) is 3.57. The van der Waals surface area contributed by atoms with Crippen LogP contribution < -0.4 is 4.74 Å². The Balaban J connectivity index is 2.57. The molecule has 0 amide bonds. The maximum absolute atomic E-state index is 5.52. The summed E-state index contributed by atoms with van der Waals surface area (Å²) < 4.78 is 10.4. The van der Waals surface area contributed by atoms with Gasteiger partial charge in [0.15, 0.2) is 0 Å². The quantitative estimate of drug-likeness (QED) is 0.675. The lowest BCUT2D eigenvalue weighted by molar-refractivity contribution is 0.146. The minimum Gasteiger partial charge on any atom is -0.491 e. The van der Waals surface area contributed by atoms with E-state index in [-0.39, 0.29) is 0 Å². The first-order valence-electron chi connectivity index (χ1n) is 5.35. The predicted octanol–water partition coefficient (Wildman–Crippen LogP) is 2.62. The van der Waals surface area contributed by atoms with Crippen molar-refractivity contribution in [2.75, 3.05) is 20.3 Å². The highest BCUT2D eigenvalue weighted by Crippen LogP contribution is 2.20. The van der Waals surface area contributed by atoms with Gasteiger partial charge in [-0.25, -0.2) is 0 Å².